The molecular weight excluding hydrogens is 239 g/mol. The third kappa shape index (κ3) is 1.64. The van der Waals surface area contributed by atoms with E-state index >= 15 is 0 Å². The first kappa shape index (κ1) is 10.2. The van der Waals surface area contributed by atoms with Crippen LogP contribution in [0.4, 0.5) is 9.52 Å². The molecule has 0 aliphatic heterocycles. The molecule has 1 amide bonds. The number of nitrogens with one attached hydrogen (secondary N) is 1. The number of nitrogens with zero attached hydrogens (tertiary/aromatic N) is 1. The molecule has 3 aromatic rings. The predicted octanol–water partition coefficient (Wildman–Crippen LogP) is 3.40. The highest BCUT2D eigenvalue weighted by molar-refractivity contribution is 7.23. The number of fused-ring (bicyclic) bond motifs is 3. The zero-order valence-corrected chi connectivity index (χ0v) is 9.42. The van der Waals surface area contributed by atoms with Gasteiger partial charge >= 0.3 is 0 Å². The second-order valence-electron chi connectivity index (χ2n) is 3.56. The fourth-order valence-corrected chi connectivity index (χ4v) is 2.76. The van der Waals surface area contributed by atoms with Crippen molar-refractivity contribution in [3.63, 3.8) is 0 Å². The van der Waals surface area contributed by atoms with Gasteiger partial charge in [0.1, 0.15) is 5.82 Å². The minimum atomic E-state index is -0.257. The van der Waals surface area contributed by atoms with Crippen molar-refractivity contribution in [2.24, 2.45) is 0 Å². The van der Waals surface area contributed by atoms with E-state index in [0.717, 1.165) is 21.0 Å². The van der Waals surface area contributed by atoms with Crippen molar-refractivity contribution in [2.45, 2.75) is 0 Å². The van der Waals surface area contributed by atoms with Gasteiger partial charge in [0.2, 0.25) is 6.41 Å². The number of rotatable bonds is 2. The molecule has 0 radical (unpaired) electrons. The molecule has 3 nitrogen and oxygen atoms in total. The Bertz CT molecular complexity index is 728. The van der Waals surface area contributed by atoms with E-state index in [2.05, 4.69) is 10.3 Å². The van der Waals surface area contributed by atoms with Crippen molar-refractivity contribution in [3.05, 3.63) is 36.1 Å². The molecule has 0 bridgehead atoms. The molecule has 0 saturated carbocycles. The lowest BCUT2D eigenvalue weighted by Crippen LogP contribution is -1.91. The van der Waals surface area contributed by atoms with E-state index in [0.29, 0.717) is 11.5 Å². The Kier molecular flexibility index (Phi) is 2.26. The van der Waals surface area contributed by atoms with Crippen molar-refractivity contribution in [1.82, 2.24) is 4.98 Å². The van der Waals surface area contributed by atoms with Crippen molar-refractivity contribution >= 4 is 43.9 Å². The van der Waals surface area contributed by atoms with Crippen LogP contribution in [0.1, 0.15) is 1.43 Å². The quantitative estimate of drug-likeness (QED) is 0.706. The summed E-state index contributed by atoms with van der Waals surface area (Å²) in [6.07, 6.45) is 0.597. The highest BCUT2D eigenvalue weighted by Crippen LogP contribution is 2.32. The van der Waals surface area contributed by atoms with E-state index in [9.17, 15) is 9.18 Å². The van der Waals surface area contributed by atoms with Gasteiger partial charge in [0.25, 0.3) is 0 Å². The molecule has 86 valence electrons. The van der Waals surface area contributed by atoms with Gasteiger partial charge in [0, 0.05) is 6.81 Å². The Labute approximate surface area is 101 Å². The second kappa shape index (κ2) is 3.78. The maximum atomic E-state index is 13.1. The highest BCUT2D eigenvalue weighted by atomic mass is 32.1. The Hall–Kier alpha value is -2.01. The number of halogens is 1. The highest BCUT2D eigenvalue weighted by Gasteiger charge is 2.07. The largest absolute Gasteiger partial charge is 0.305 e. The Morgan fingerprint density at radius 2 is 2.24 bits per heavy atom. The summed E-state index contributed by atoms with van der Waals surface area (Å²) in [6.45, 7) is 0. The van der Waals surface area contributed by atoms with Crippen LogP contribution in [0.15, 0.2) is 30.3 Å². The van der Waals surface area contributed by atoms with E-state index in [4.69, 9.17) is 0 Å². The summed E-state index contributed by atoms with van der Waals surface area (Å²) < 4.78 is 14.0. The zero-order chi connectivity index (χ0) is 11.8. The van der Waals surface area contributed by atoms with Gasteiger partial charge in [-0.2, -0.15) is 0 Å². The number of anilines is 1. The summed E-state index contributed by atoms with van der Waals surface area (Å²) in [5.74, 6) is -0.257. The number of amides is 1. The van der Waals surface area contributed by atoms with Gasteiger partial charge in [-0.1, -0.05) is 17.4 Å². The minimum Gasteiger partial charge on any atom is -0.305 e. The van der Waals surface area contributed by atoms with Crippen molar-refractivity contribution in [2.75, 3.05) is 5.32 Å². The van der Waals surface area contributed by atoms with E-state index in [-0.39, 0.29) is 7.24 Å². The van der Waals surface area contributed by atoms with Crippen LogP contribution in [0.3, 0.4) is 0 Å². The van der Waals surface area contributed by atoms with Gasteiger partial charge in [-0.3, -0.25) is 4.79 Å². The zero-order valence-electron chi connectivity index (χ0n) is 8.61. The van der Waals surface area contributed by atoms with Gasteiger partial charge in [-0.05, 0) is 29.7 Å². The Morgan fingerprint density at radius 1 is 1.35 bits per heavy atom. The third-order valence-corrected chi connectivity index (χ3v) is 3.55. The summed E-state index contributed by atoms with van der Waals surface area (Å²) in [7, 11) is 0. The number of benzene rings is 2. The monoisotopic (exact) mass is 248 g/mol. The molecule has 0 aliphatic rings. The molecule has 0 spiro atoms. The van der Waals surface area contributed by atoms with E-state index in [1.54, 1.807) is 6.07 Å². The van der Waals surface area contributed by atoms with Crippen molar-refractivity contribution < 1.29 is 10.6 Å². The SMILES string of the molecule is O=CNc1nc2ccc3cc(F)ccc3c2s1.[HH]. The van der Waals surface area contributed by atoms with E-state index < -0.39 is 0 Å². The number of carbonyl (C=O) groups excluding carboxylic acids is 1. The summed E-state index contributed by atoms with van der Waals surface area (Å²) in [5, 5.41) is 4.85. The van der Waals surface area contributed by atoms with Crippen LogP contribution in [-0.4, -0.2) is 11.4 Å². The van der Waals surface area contributed by atoms with Gasteiger partial charge in [0.15, 0.2) is 5.13 Å². The first-order chi connectivity index (χ1) is 8.28. The molecule has 0 atom stereocenters. The van der Waals surface area contributed by atoms with Crippen LogP contribution in [-0.2, 0) is 4.79 Å². The summed E-state index contributed by atoms with van der Waals surface area (Å²) in [5.41, 5.74) is 0.804. The molecule has 0 unspecified atom stereocenters. The first-order valence-electron chi connectivity index (χ1n) is 4.97. The topological polar surface area (TPSA) is 42.0 Å². The molecule has 0 saturated heterocycles. The van der Waals surface area contributed by atoms with Crippen LogP contribution in [0.25, 0.3) is 21.0 Å². The molecule has 1 N–H and O–H groups in total. The number of hydrogen-bond acceptors (Lipinski definition) is 3. The van der Waals surface area contributed by atoms with Gasteiger partial charge in [-0.25, -0.2) is 9.37 Å². The lowest BCUT2D eigenvalue weighted by Gasteiger charge is -1.97. The van der Waals surface area contributed by atoms with Crippen molar-refractivity contribution in [1.29, 1.82) is 0 Å². The minimum absolute atomic E-state index is 0. The number of hydrogen-bond donors (Lipinski definition) is 1. The van der Waals surface area contributed by atoms with Crippen molar-refractivity contribution in [3.8, 4) is 0 Å². The Balaban J connectivity index is 0.00000120. The summed E-state index contributed by atoms with van der Waals surface area (Å²) in [4.78, 5) is 14.6. The first-order valence-corrected chi connectivity index (χ1v) is 5.78. The third-order valence-electron chi connectivity index (χ3n) is 2.51. The molecule has 5 heteroatoms. The van der Waals surface area contributed by atoms with Gasteiger partial charge in [-0.15, -0.1) is 0 Å². The number of carbonyl (C=O) groups is 1. The molecule has 0 fully saturated rings. The molecule has 17 heavy (non-hydrogen) atoms. The second-order valence-corrected chi connectivity index (χ2v) is 4.56. The predicted molar refractivity (Wildman–Crippen MR) is 68.9 cm³/mol. The molecule has 3 rings (SSSR count). The lowest BCUT2D eigenvalue weighted by atomic mass is 10.1. The maximum Gasteiger partial charge on any atom is 0.213 e. The fourth-order valence-electron chi connectivity index (χ4n) is 1.80. The molecule has 1 heterocycles. The van der Waals surface area contributed by atoms with Gasteiger partial charge in [0.05, 0.1) is 10.2 Å². The van der Waals surface area contributed by atoms with Crippen LogP contribution in [0.5, 0.6) is 0 Å². The normalized spacial score (nSPS) is 10.9. The average Bonchev–Trinajstić information content (AvgIpc) is 2.72. The average molecular weight is 248 g/mol. The Morgan fingerprint density at radius 3 is 3.06 bits per heavy atom. The van der Waals surface area contributed by atoms with Crippen LogP contribution in [0.2, 0.25) is 0 Å². The number of aromatic nitrogens is 1. The summed E-state index contributed by atoms with van der Waals surface area (Å²) in [6, 6.07) is 8.29. The number of thiazole rings is 1. The molecule has 0 aliphatic carbocycles. The van der Waals surface area contributed by atoms with Crippen LogP contribution >= 0.6 is 11.3 Å². The molecular formula is C12H9FN2OS. The van der Waals surface area contributed by atoms with E-state index in [1.165, 1.54) is 23.5 Å². The standard InChI is InChI=1S/C12H7FN2OS.H2/c13-8-2-3-9-7(5-8)1-4-10-11(9)17-12(15-10)14-6-16;/h1-6H,(H,14,15,16);1H. The lowest BCUT2D eigenvalue weighted by molar-refractivity contribution is -0.105. The van der Waals surface area contributed by atoms with E-state index in [1.807, 2.05) is 12.1 Å². The summed E-state index contributed by atoms with van der Waals surface area (Å²) >= 11 is 1.38. The fraction of sp³-hybridized carbons (Fsp3) is 0. The molecule has 1 aromatic heterocycles. The molecule has 2 aromatic carbocycles. The smallest absolute Gasteiger partial charge is 0.213 e. The maximum absolute atomic E-state index is 13.1. The van der Waals surface area contributed by atoms with Crippen LogP contribution in [0, 0.1) is 5.82 Å². The van der Waals surface area contributed by atoms with Gasteiger partial charge < -0.3 is 5.32 Å². The van der Waals surface area contributed by atoms with Crippen LogP contribution < -0.4 is 5.32 Å².